The molecule has 470 valence electrons. The standard InChI is InChI=1S/C65H83ClN6O13S2/c1-40-18-17-20-53(79-9)41(2)33-54(83-44(5)74)42(3)62-65(6,85-62)58(37-60(76)72(8)52-34-45(32-40)35-55(80-10)61(52)66)84-64(78)51(71(7)43(4)73)19-15-16-26-67-59(75)25-28-81-30-31-82-29-27-68-63(77)46-23-24-47-48(36-46)70-50-39-87-57-22-14-12-11-13-21-56(57)86-38-49(50)69-47/h11-14,17-18,20-24,34-36,41-42,51,53-54,58,62H,15-16,19,25-33,37-39H2,1-10H3,(H,67,75)(H,68,77)/b12-11?,13-11-,14-12-,20-17+,21-13?,22-14?,40-18+,56-21+,57-22+,57-56?/t41-,42-,51+,53-,54+,58+,62+,65+/m1/s1. The molecular formula is C65H83ClN6O13S2. The van der Waals surface area contributed by atoms with Gasteiger partial charge in [0.1, 0.15) is 34.6 Å². The molecule has 4 aliphatic rings. The number of fused-ring (bicyclic) bond motifs is 6. The van der Waals surface area contributed by atoms with Crippen molar-refractivity contribution in [2.45, 2.75) is 134 Å². The number of anilines is 1. The summed E-state index contributed by atoms with van der Waals surface area (Å²) in [6, 6.07) is 7.97. The number of methoxy groups -OCH3 is 2. The van der Waals surface area contributed by atoms with Crippen LogP contribution in [0.3, 0.4) is 0 Å². The lowest BCUT2D eigenvalue weighted by Crippen LogP contribution is -2.47. The Bertz CT molecular complexity index is 3170. The zero-order chi connectivity index (χ0) is 62.8. The van der Waals surface area contributed by atoms with Crippen molar-refractivity contribution in [2.75, 3.05) is 72.7 Å². The minimum atomic E-state index is -1.22. The minimum Gasteiger partial charge on any atom is -0.495 e. The van der Waals surface area contributed by atoms with Crippen molar-refractivity contribution in [1.82, 2.24) is 25.5 Å². The molecule has 2 aromatic carbocycles. The maximum Gasteiger partial charge on any atom is 0.329 e. The molecule has 7 rings (SSSR count). The van der Waals surface area contributed by atoms with Crippen molar-refractivity contribution < 1.29 is 61.9 Å². The van der Waals surface area contributed by atoms with E-state index in [-0.39, 0.29) is 87.0 Å². The molecule has 3 aromatic rings. The van der Waals surface area contributed by atoms with Crippen LogP contribution in [0.1, 0.15) is 107 Å². The van der Waals surface area contributed by atoms with E-state index in [0.717, 1.165) is 28.0 Å². The third-order valence-corrected chi connectivity index (χ3v) is 18.6. The van der Waals surface area contributed by atoms with Crippen LogP contribution in [0.25, 0.3) is 11.0 Å². The number of carbonyl (C=O) groups is 6. The first-order valence-electron chi connectivity index (χ1n) is 29.5. The second-order valence-electron chi connectivity index (χ2n) is 22.4. The zero-order valence-corrected chi connectivity index (χ0v) is 53.9. The Hall–Kier alpha value is -6.33. The third kappa shape index (κ3) is 19.1. The lowest BCUT2D eigenvalue weighted by Gasteiger charge is -2.31. The van der Waals surface area contributed by atoms with Gasteiger partial charge in [0.05, 0.1) is 80.3 Å². The quantitative estimate of drug-likeness (QED) is 0.0575. The van der Waals surface area contributed by atoms with Gasteiger partial charge in [-0.2, -0.15) is 0 Å². The van der Waals surface area contributed by atoms with Gasteiger partial charge >= 0.3 is 11.9 Å². The second-order valence-corrected chi connectivity index (χ2v) is 24.8. The van der Waals surface area contributed by atoms with Gasteiger partial charge in [-0.25, -0.2) is 14.8 Å². The van der Waals surface area contributed by atoms with Crippen LogP contribution >= 0.6 is 35.1 Å². The Morgan fingerprint density at radius 1 is 0.862 bits per heavy atom. The molecule has 19 nitrogen and oxygen atoms in total. The highest BCUT2D eigenvalue weighted by molar-refractivity contribution is 8.07. The van der Waals surface area contributed by atoms with Gasteiger partial charge in [0.2, 0.25) is 17.7 Å². The average Bonchev–Trinajstić information content (AvgIpc) is 1.62. The number of esters is 2. The van der Waals surface area contributed by atoms with Crippen molar-refractivity contribution >= 4 is 87.4 Å². The molecule has 2 N–H and O–H groups in total. The Kier molecular flexibility index (Phi) is 25.7. The number of unbranched alkanes of at least 4 members (excludes halogenated alkanes) is 1. The number of hydrogen-bond acceptors (Lipinski definition) is 17. The number of nitrogens with one attached hydrogen (secondary N) is 2. The van der Waals surface area contributed by atoms with Crippen LogP contribution in [0.2, 0.25) is 5.02 Å². The number of epoxide rings is 1. The number of benzene rings is 2. The number of likely N-dealkylation sites (N-methyl/N-ethyl adjacent to an activating group) is 1. The van der Waals surface area contributed by atoms with Gasteiger partial charge in [-0.3, -0.25) is 24.0 Å². The van der Waals surface area contributed by atoms with Gasteiger partial charge in [-0.15, -0.1) is 23.5 Å². The van der Waals surface area contributed by atoms with Crippen LogP contribution in [0.15, 0.2) is 100 Å². The molecule has 1 fully saturated rings. The summed E-state index contributed by atoms with van der Waals surface area (Å²) in [4.78, 5) is 95.3. The molecule has 0 unspecified atom stereocenters. The summed E-state index contributed by atoms with van der Waals surface area (Å²) in [5, 5.41) is 6.01. The van der Waals surface area contributed by atoms with Gasteiger partial charge in [0, 0.05) is 87.4 Å². The number of amides is 4. The number of aromatic nitrogens is 2. The van der Waals surface area contributed by atoms with E-state index >= 15 is 0 Å². The van der Waals surface area contributed by atoms with Gasteiger partial charge in [0.15, 0.2) is 0 Å². The summed E-state index contributed by atoms with van der Waals surface area (Å²) in [5.41, 5.74) is 4.77. The Morgan fingerprint density at radius 2 is 1.55 bits per heavy atom. The number of nitrogens with zero attached hydrogens (tertiary/aromatic N) is 4. The van der Waals surface area contributed by atoms with Crippen LogP contribution in [0.4, 0.5) is 5.69 Å². The molecule has 0 radical (unpaired) electrons. The Morgan fingerprint density at radius 3 is 2.22 bits per heavy atom. The maximum atomic E-state index is 14.5. The highest BCUT2D eigenvalue weighted by atomic mass is 35.5. The highest BCUT2D eigenvalue weighted by Crippen LogP contribution is 2.49. The molecule has 4 heterocycles. The summed E-state index contributed by atoms with van der Waals surface area (Å²) >= 11 is 10.4. The number of thioether (sulfide) groups is 2. The van der Waals surface area contributed by atoms with E-state index in [4.69, 9.17) is 54.7 Å². The second kappa shape index (κ2) is 32.8. The molecule has 22 heteroatoms. The van der Waals surface area contributed by atoms with Crippen molar-refractivity contribution in [2.24, 2.45) is 11.8 Å². The molecule has 4 amide bonds. The topological polar surface area (TPSA) is 227 Å². The van der Waals surface area contributed by atoms with E-state index in [1.165, 1.54) is 47.6 Å². The van der Waals surface area contributed by atoms with Crippen molar-refractivity contribution in [3.8, 4) is 5.75 Å². The van der Waals surface area contributed by atoms with E-state index < -0.39 is 53.7 Å². The molecular weight excluding hydrogens is 1170 g/mol. The number of rotatable bonds is 21. The SMILES string of the molecule is COc1cc2cc(c1Cl)N(C)C(=O)C[C@H](OC(=O)[C@H](CCCCNC(=O)CCOCCOCCNC(=O)c1ccc3nc4c(nc3c1)CSC1=C/C=C\C=C/C=C\1SC4)N(C)C(C)=O)[C@]1(C)O[C@H]1[C@H](C)[C@@H](OC(C)=O)C[C@@H](C)[C@H](OC)/C=C/C=C(\C)C2. The Labute approximate surface area is 524 Å². The molecule has 1 aliphatic carbocycles. The van der Waals surface area contributed by atoms with E-state index in [1.807, 2.05) is 81.5 Å². The van der Waals surface area contributed by atoms with Gasteiger partial charge in [-0.05, 0) is 99.9 Å². The van der Waals surface area contributed by atoms with Crippen molar-refractivity contribution in [3.63, 3.8) is 0 Å². The fourth-order valence-corrected chi connectivity index (χ4v) is 13.1. The van der Waals surface area contributed by atoms with E-state index in [1.54, 1.807) is 56.7 Å². The summed E-state index contributed by atoms with van der Waals surface area (Å²) < 4.78 is 41.6. The smallest absolute Gasteiger partial charge is 0.329 e. The molecule has 0 saturated carbocycles. The highest BCUT2D eigenvalue weighted by Gasteiger charge is 2.63. The molecule has 1 saturated heterocycles. The van der Waals surface area contributed by atoms with Gasteiger partial charge in [-0.1, -0.05) is 73.6 Å². The first-order valence-corrected chi connectivity index (χ1v) is 31.9. The molecule has 87 heavy (non-hydrogen) atoms. The molecule has 1 aromatic heterocycles. The largest absolute Gasteiger partial charge is 0.495 e. The summed E-state index contributed by atoms with van der Waals surface area (Å²) in [6.07, 6.45) is 17.4. The summed E-state index contributed by atoms with van der Waals surface area (Å²) in [6.45, 7) is 11.9. The zero-order valence-electron chi connectivity index (χ0n) is 51.5. The first-order chi connectivity index (χ1) is 41.7. The minimum absolute atomic E-state index is 0.108. The lowest BCUT2D eigenvalue weighted by molar-refractivity contribution is -0.162. The predicted octanol–water partition coefficient (Wildman–Crippen LogP) is 9.74. The first kappa shape index (κ1) is 68.2. The average molecular weight is 1260 g/mol. The van der Waals surface area contributed by atoms with Crippen LogP contribution in [-0.4, -0.2) is 154 Å². The summed E-state index contributed by atoms with van der Waals surface area (Å²) in [7, 11) is 6.25. The predicted molar refractivity (Wildman–Crippen MR) is 339 cm³/mol. The van der Waals surface area contributed by atoms with Crippen molar-refractivity contribution in [1.29, 1.82) is 0 Å². The van der Waals surface area contributed by atoms with Crippen molar-refractivity contribution in [3.05, 3.63) is 128 Å². The van der Waals surface area contributed by atoms with Gasteiger partial charge < -0.3 is 53.6 Å². The fourth-order valence-electron chi connectivity index (χ4n) is 10.7. The fraction of sp³-hybridized carbons (Fsp3) is 0.508. The normalized spacial score (nSPS) is 25.6. The van der Waals surface area contributed by atoms with E-state index in [2.05, 4.69) is 22.8 Å². The number of halogens is 1. The molecule has 8 atom stereocenters. The number of allylic oxidation sites excluding steroid dienone is 9. The van der Waals surface area contributed by atoms with Crippen LogP contribution in [-0.2, 0) is 70.3 Å². The van der Waals surface area contributed by atoms with Gasteiger partial charge in [0.25, 0.3) is 5.91 Å². The van der Waals surface area contributed by atoms with E-state index in [0.29, 0.717) is 66.3 Å². The Balaban J connectivity index is 0.873. The number of ether oxygens (including phenoxy) is 7. The maximum absolute atomic E-state index is 14.5. The molecule has 2 bridgehead atoms. The van der Waals surface area contributed by atoms with Crippen LogP contribution < -0.4 is 20.3 Å². The monoisotopic (exact) mass is 1250 g/mol. The molecule has 0 spiro atoms. The lowest BCUT2D eigenvalue weighted by atomic mass is 9.84. The summed E-state index contributed by atoms with van der Waals surface area (Å²) in [5.74, 6) is -1.24. The van der Waals surface area contributed by atoms with Crippen LogP contribution in [0, 0.1) is 11.8 Å². The molecule has 3 aliphatic heterocycles. The van der Waals surface area contributed by atoms with Crippen LogP contribution in [0.5, 0.6) is 5.75 Å². The van der Waals surface area contributed by atoms with E-state index in [9.17, 15) is 28.8 Å². The number of hydrogen-bond donors (Lipinski definition) is 2. The number of carbonyl (C=O) groups excluding carboxylic acids is 6. The third-order valence-electron chi connectivity index (χ3n) is 15.9.